The highest BCUT2D eigenvalue weighted by molar-refractivity contribution is 6.33. The Morgan fingerprint density at radius 2 is 2.26 bits per heavy atom. The molecular weight excluding hydrogens is 268 g/mol. The number of aromatic nitrogens is 1. The minimum absolute atomic E-state index is 0.105. The number of piperidine rings is 1. The van der Waals surface area contributed by atoms with Crippen molar-refractivity contribution in [3.05, 3.63) is 29.0 Å². The van der Waals surface area contributed by atoms with Crippen molar-refractivity contribution >= 4 is 23.5 Å². The van der Waals surface area contributed by atoms with Gasteiger partial charge in [0.2, 0.25) is 0 Å². The molecule has 0 bridgehead atoms. The van der Waals surface area contributed by atoms with Crippen LogP contribution in [0.1, 0.15) is 30.1 Å². The molecule has 1 fully saturated rings. The summed E-state index contributed by atoms with van der Waals surface area (Å²) in [5, 5.41) is 9.33. The van der Waals surface area contributed by atoms with Gasteiger partial charge >= 0.3 is 5.97 Å². The van der Waals surface area contributed by atoms with Crippen LogP contribution in [0.15, 0.2) is 18.5 Å². The number of amides is 1. The molecule has 0 spiro atoms. The van der Waals surface area contributed by atoms with Crippen molar-refractivity contribution in [2.75, 3.05) is 6.54 Å². The van der Waals surface area contributed by atoms with Gasteiger partial charge in [-0.05, 0) is 25.8 Å². The number of hydrogen-bond acceptors (Lipinski definition) is 3. The van der Waals surface area contributed by atoms with Gasteiger partial charge in [0.1, 0.15) is 0 Å². The van der Waals surface area contributed by atoms with Crippen LogP contribution in [-0.4, -0.2) is 39.5 Å². The Labute approximate surface area is 116 Å². The molecule has 1 N–H and O–H groups in total. The van der Waals surface area contributed by atoms with Crippen LogP contribution >= 0.6 is 11.6 Å². The maximum absolute atomic E-state index is 12.4. The Bertz CT molecular complexity index is 506. The second-order valence-corrected chi connectivity index (χ2v) is 5.17. The number of pyridine rings is 1. The largest absolute Gasteiger partial charge is 0.481 e. The smallest absolute Gasteiger partial charge is 0.306 e. The lowest BCUT2D eigenvalue weighted by Gasteiger charge is -2.36. The first kappa shape index (κ1) is 13.8. The molecule has 2 atom stereocenters. The van der Waals surface area contributed by atoms with E-state index in [2.05, 4.69) is 4.98 Å². The van der Waals surface area contributed by atoms with Crippen LogP contribution in [0.2, 0.25) is 5.02 Å². The molecule has 5 nitrogen and oxygen atoms in total. The SMILES string of the molecule is CC1CC(C(=O)O)CCN1C(=O)c1ccncc1Cl. The molecule has 0 radical (unpaired) electrons. The molecule has 2 heterocycles. The number of carbonyl (C=O) groups excluding carboxylic acids is 1. The van der Waals surface area contributed by atoms with Crippen LogP contribution in [0, 0.1) is 5.92 Å². The van der Waals surface area contributed by atoms with Gasteiger partial charge in [-0.1, -0.05) is 11.6 Å². The van der Waals surface area contributed by atoms with Crippen LogP contribution in [0.3, 0.4) is 0 Å². The van der Waals surface area contributed by atoms with Crippen LogP contribution < -0.4 is 0 Å². The number of rotatable bonds is 2. The molecule has 1 amide bonds. The standard InChI is InChI=1S/C13H15ClN2O3/c1-8-6-9(13(18)19)3-5-16(8)12(17)10-2-4-15-7-11(10)14/h2,4,7-9H,3,5-6H2,1H3,(H,18,19). The first-order valence-electron chi connectivity index (χ1n) is 6.14. The number of halogens is 1. The summed E-state index contributed by atoms with van der Waals surface area (Å²) in [4.78, 5) is 28.9. The van der Waals surface area contributed by atoms with Crippen molar-refractivity contribution in [2.45, 2.75) is 25.8 Å². The summed E-state index contributed by atoms with van der Waals surface area (Å²) in [5.41, 5.74) is 0.414. The molecule has 1 saturated heterocycles. The zero-order chi connectivity index (χ0) is 14.0. The summed E-state index contributed by atoms with van der Waals surface area (Å²) in [6.45, 7) is 2.30. The van der Waals surface area contributed by atoms with E-state index in [-0.39, 0.29) is 17.9 Å². The highest BCUT2D eigenvalue weighted by Gasteiger charge is 2.33. The van der Waals surface area contributed by atoms with E-state index in [9.17, 15) is 9.59 Å². The lowest BCUT2D eigenvalue weighted by atomic mass is 9.91. The maximum Gasteiger partial charge on any atom is 0.306 e. The van der Waals surface area contributed by atoms with E-state index in [1.54, 1.807) is 11.0 Å². The number of aliphatic carboxylic acids is 1. The molecule has 0 aliphatic carbocycles. The number of hydrogen-bond donors (Lipinski definition) is 1. The first-order valence-corrected chi connectivity index (χ1v) is 6.51. The van der Waals surface area contributed by atoms with Gasteiger partial charge in [-0.15, -0.1) is 0 Å². The summed E-state index contributed by atoms with van der Waals surface area (Å²) < 4.78 is 0. The second-order valence-electron chi connectivity index (χ2n) is 4.76. The minimum atomic E-state index is -0.791. The summed E-state index contributed by atoms with van der Waals surface area (Å²) in [7, 11) is 0. The van der Waals surface area contributed by atoms with Crippen LogP contribution in [0.5, 0.6) is 0 Å². The average Bonchev–Trinajstić information content (AvgIpc) is 2.38. The zero-order valence-corrected chi connectivity index (χ0v) is 11.3. The molecular formula is C13H15ClN2O3. The van der Waals surface area contributed by atoms with Crippen LogP contribution in [0.4, 0.5) is 0 Å². The summed E-state index contributed by atoms with van der Waals surface area (Å²) in [6, 6.07) is 1.48. The zero-order valence-electron chi connectivity index (χ0n) is 10.5. The molecule has 1 aromatic rings. The second kappa shape index (κ2) is 5.57. The molecule has 102 valence electrons. The molecule has 1 aliphatic rings. The van der Waals surface area contributed by atoms with Gasteiger partial charge in [0, 0.05) is 25.0 Å². The third-order valence-electron chi connectivity index (χ3n) is 3.49. The number of likely N-dealkylation sites (tertiary alicyclic amines) is 1. The van der Waals surface area contributed by atoms with E-state index < -0.39 is 5.97 Å². The normalized spacial score (nSPS) is 23.2. The Kier molecular flexibility index (Phi) is 4.04. The monoisotopic (exact) mass is 282 g/mol. The van der Waals surface area contributed by atoms with Gasteiger partial charge in [-0.3, -0.25) is 14.6 Å². The maximum atomic E-state index is 12.4. The van der Waals surface area contributed by atoms with Gasteiger partial charge < -0.3 is 10.0 Å². The Hall–Kier alpha value is -1.62. The Morgan fingerprint density at radius 1 is 1.53 bits per heavy atom. The summed E-state index contributed by atoms with van der Waals surface area (Å²) in [5.74, 6) is -1.32. The fourth-order valence-corrected chi connectivity index (χ4v) is 2.60. The molecule has 2 unspecified atom stereocenters. The van der Waals surface area contributed by atoms with Crippen molar-refractivity contribution in [1.82, 2.24) is 9.88 Å². The minimum Gasteiger partial charge on any atom is -0.481 e. The van der Waals surface area contributed by atoms with Gasteiger partial charge in [0.05, 0.1) is 16.5 Å². The van der Waals surface area contributed by atoms with Crippen LogP contribution in [0.25, 0.3) is 0 Å². The van der Waals surface area contributed by atoms with Gasteiger partial charge in [-0.25, -0.2) is 0 Å². The molecule has 0 saturated carbocycles. The van der Waals surface area contributed by atoms with Crippen molar-refractivity contribution in [2.24, 2.45) is 5.92 Å². The third-order valence-corrected chi connectivity index (χ3v) is 3.79. The quantitative estimate of drug-likeness (QED) is 0.901. The van der Waals surface area contributed by atoms with E-state index in [1.165, 1.54) is 12.4 Å². The molecule has 1 aliphatic heterocycles. The Balaban J connectivity index is 2.13. The molecule has 0 aromatic carbocycles. The van der Waals surface area contributed by atoms with Gasteiger partial charge in [0.25, 0.3) is 5.91 Å². The number of carboxylic acids is 1. The predicted molar refractivity (Wildman–Crippen MR) is 70.1 cm³/mol. The third kappa shape index (κ3) is 2.87. The summed E-state index contributed by atoms with van der Waals surface area (Å²) >= 11 is 5.96. The first-order chi connectivity index (χ1) is 9.00. The highest BCUT2D eigenvalue weighted by Crippen LogP contribution is 2.26. The average molecular weight is 283 g/mol. The van der Waals surface area contributed by atoms with E-state index in [1.807, 2.05) is 6.92 Å². The van der Waals surface area contributed by atoms with E-state index in [0.717, 1.165) is 0 Å². The van der Waals surface area contributed by atoms with Crippen molar-refractivity contribution in [1.29, 1.82) is 0 Å². The van der Waals surface area contributed by atoms with Crippen LogP contribution in [-0.2, 0) is 4.79 Å². The lowest BCUT2D eigenvalue weighted by Crippen LogP contribution is -2.46. The fraction of sp³-hybridized carbons (Fsp3) is 0.462. The van der Waals surface area contributed by atoms with E-state index >= 15 is 0 Å². The lowest BCUT2D eigenvalue weighted by molar-refractivity contribution is -0.143. The number of carbonyl (C=O) groups is 2. The van der Waals surface area contributed by atoms with E-state index in [0.29, 0.717) is 30.0 Å². The highest BCUT2D eigenvalue weighted by atomic mass is 35.5. The molecule has 19 heavy (non-hydrogen) atoms. The topological polar surface area (TPSA) is 70.5 Å². The fourth-order valence-electron chi connectivity index (χ4n) is 2.40. The molecule has 2 rings (SSSR count). The van der Waals surface area contributed by atoms with E-state index in [4.69, 9.17) is 16.7 Å². The number of nitrogens with zero attached hydrogens (tertiary/aromatic N) is 2. The van der Waals surface area contributed by atoms with Gasteiger partial charge in [0.15, 0.2) is 0 Å². The predicted octanol–water partition coefficient (Wildman–Crippen LogP) is 2.06. The van der Waals surface area contributed by atoms with Crippen molar-refractivity contribution in [3.63, 3.8) is 0 Å². The summed E-state index contributed by atoms with van der Waals surface area (Å²) in [6.07, 6.45) is 3.91. The van der Waals surface area contributed by atoms with Gasteiger partial charge in [-0.2, -0.15) is 0 Å². The molecule has 1 aromatic heterocycles. The number of carboxylic acid groups (broad SMARTS) is 1. The Morgan fingerprint density at radius 3 is 2.84 bits per heavy atom. The molecule has 6 heteroatoms. The van der Waals surface area contributed by atoms with Crippen molar-refractivity contribution < 1.29 is 14.7 Å². The van der Waals surface area contributed by atoms with Crippen molar-refractivity contribution in [3.8, 4) is 0 Å².